The fraction of sp³-hybridized carbons (Fsp3) is 0.600. The van der Waals surface area contributed by atoms with Crippen molar-refractivity contribution in [3.63, 3.8) is 0 Å². The zero-order valence-corrected chi connectivity index (χ0v) is 5.68. The standard InChI is InChI=1S/C5H8O2.2B/c1-4(6)3-5(2)7;;/h3H2,1-2H3;;. The van der Waals surface area contributed by atoms with E-state index in [1.807, 2.05) is 0 Å². The molecule has 0 aromatic heterocycles. The smallest absolute Gasteiger partial charge is 0.137 e. The van der Waals surface area contributed by atoms with E-state index in [4.69, 9.17) is 0 Å². The Morgan fingerprint density at radius 3 is 1.22 bits per heavy atom. The second-order valence-corrected chi connectivity index (χ2v) is 1.58. The van der Waals surface area contributed by atoms with Gasteiger partial charge in [0.1, 0.15) is 11.6 Å². The highest BCUT2D eigenvalue weighted by Gasteiger charge is 1.94. The first-order valence-corrected chi connectivity index (χ1v) is 2.12. The minimum atomic E-state index is -0.0625. The Kier molecular flexibility index (Phi) is 13.1. The van der Waals surface area contributed by atoms with Gasteiger partial charge in [0.05, 0.1) is 6.42 Å². The maximum absolute atomic E-state index is 10.0. The molecular weight excluding hydrogens is 114 g/mol. The van der Waals surface area contributed by atoms with Gasteiger partial charge in [-0.15, -0.1) is 0 Å². The van der Waals surface area contributed by atoms with Gasteiger partial charge in [-0.2, -0.15) is 0 Å². The van der Waals surface area contributed by atoms with E-state index in [9.17, 15) is 9.59 Å². The lowest BCUT2D eigenvalue weighted by atomic mass is 10.2. The van der Waals surface area contributed by atoms with Crippen LogP contribution in [0.1, 0.15) is 20.3 Å². The molecule has 0 spiro atoms. The van der Waals surface area contributed by atoms with Crippen molar-refractivity contribution in [1.29, 1.82) is 0 Å². The van der Waals surface area contributed by atoms with Crippen molar-refractivity contribution >= 4 is 28.4 Å². The highest BCUT2D eigenvalue weighted by Crippen LogP contribution is 1.80. The molecule has 0 aromatic rings. The Hall–Kier alpha value is -0.530. The molecule has 0 saturated heterocycles. The van der Waals surface area contributed by atoms with Crippen LogP contribution in [-0.4, -0.2) is 28.4 Å². The largest absolute Gasteiger partial charge is 0.300 e. The summed E-state index contributed by atoms with van der Waals surface area (Å²) in [6, 6.07) is 0. The zero-order valence-electron chi connectivity index (χ0n) is 5.68. The van der Waals surface area contributed by atoms with E-state index in [2.05, 4.69) is 0 Å². The monoisotopic (exact) mass is 122 g/mol. The van der Waals surface area contributed by atoms with Crippen molar-refractivity contribution in [1.82, 2.24) is 0 Å². The second-order valence-electron chi connectivity index (χ2n) is 1.58. The predicted octanol–water partition coefficient (Wildman–Crippen LogP) is -0.207. The SMILES string of the molecule is CC(=O)CC(C)=O.[B].[B]. The summed E-state index contributed by atoms with van der Waals surface area (Å²) in [4.78, 5) is 20.1. The molecule has 4 heteroatoms. The Balaban J connectivity index is -0.000000180. The number of hydrogen-bond acceptors (Lipinski definition) is 2. The van der Waals surface area contributed by atoms with E-state index in [0.29, 0.717) is 0 Å². The third-order valence-corrected chi connectivity index (χ3v) is 0.498. The molecule has 0 bridgehead atoms. The van der Waals surface area contributed by atoms with Crippen LogP contribution in [0.15, 0.2) is 0 Å². The van der Waals surface area contributed by atoms with Crippen LogP contribution in [0.2, 0.25) is 0 Å². The minimum Gasteiger partial charge on any atom is -0.300 e. The lowest BCUT2D eigenvalue weighted by Crippen LogP contribution is -1.97. The average molecular weight is 122 g/mol. The molecule has 0 saturated carbocycles. The first kappa shape index (κ1) is 15.8. The molecule has 0 unspecified atom stereocenters. The summed E-state index contributed by atoms with van der Waals surface area (Å²) < 4.78 is 0. The summed E-state index contributed by atoms with van der Waals surface area (Å²) in [5.74, 6) is -0.125. The Bertz CT molecular complexity index is 89.1. The first-order chi connectivity index (χ1) is 3.13. The van der Waals surface area contributed by atoms with Gasteiger partial charge in [0, 0.05) is 16.8 Å². The molecule has 46 valence electrons. The summed E-state index contributed by atoms with van der Waals surface area (Å²) in [7, 11) is 0. The maximum Gasteiger partial charge on any atom is 0.137 e. The molecule has 0 N–H and O–H groups in total. The number of ketones is 2. The van der Waals surface area contributed by atoms with Gasteiger partial charge >= 0.3 is 0 Å². The van der Waals surface area contributed by atoms with E-state index in [0.717, 1.165) is 0 Å². The molecule has 0 aromatic carbocycles. The van der Waals surface area contributed by atoms with Gasteiger partial charge in [-0.25, -0.2) is 0 Å². The minimum absolute atomic E-state index is 0. The van der Waals surface area contributed by atoms with Gasteiger partial charge in [-0.05, 0) is 13.8 Å². The van der Waals surface area contributed by atoms with Gasteiger partial charge in [-0.1, -0.05) is 0 Å². The van der Waals surface area contributed by atoms with Crippen molar-refractivity contribution in [2.24, 2.45) is 0 Å². The van der Waals surface area contributed by atoms with E-state index in [1.165, 1.54) is 13.8 Å². The Morgan fingerprint density at radius 1 is 1.00 bits per heavy atom. The van der Waals surface area contributed by atoms with Crippen LogP contribution < -0.4 is 0 Å². The summed E-state index contributed by atoms with van der Waals surface area (Å²) in [6.45, 7) is 2.81. The normalized spacial score (nSPS) is 6.44. The van der Waals surface area contributed by atoms with Crippen LogP contribution in [-0.2, 0) is 9.59 Å². The maximum atomic E-state index is 10.0. The number of carbonyl (C=O) groups is 2. The van der Waals surface area contributed by atoms with Crippen molar-refractivity contribution in [3.05, 3.63) is 0 Å². The topological polar surface area (TPSA) is 34.1 Å². The molecule has 0 aliphatic heterocycles. The highest BCUT2D eigenvalue weighted by molar-refractivity contribution is 5.96. The number of carbonyl (C=O) groups excluding carboxylic acids is 2. The van der Waals surface area contributed by atoms with Gasteiger partial charge in [0.15, 0.2) is 0 Å². The van der Waals surface area contributed by atoms with Crippen molar-refractivity contribution in [3.8, 4) is 0 Å². The van der Waals surface area contributed by atoms with Crippen molar-refractivity contribution in [2.45, 2.75) is 20.3 Å². The molecule has 0 fully saturated rings. The third-order valence-electron chi connectivity index (χ3n) is 0.498. The van der Waals surface area contributed by atoms with Gasteiger partial charge in [-0.3, -0.25) is 9.59 Å². The van der Waals surface area contributed by atoms with Crippen LogP contribution >= 0.6 is 0 Å². The molecule has 9 heavy (non-hydrogen) atoms. The molecule has 0 heterocycles. The quantitative estimate of drug-likeness (QED) is 0.375. The second kappa shape index (κ2) is 7.47. The zero-order chi connectivity index (χ0) is 5.86. The average Bonchev–Trinajstić information content (AvgIpc) is 1.27. The molecule has 0 atom stereocenters. The van der Waals surface area contributed by atoms with Crippen molar-refractivity contribution < 1.29 is 9.59 Å². The number of Topliss-reactive ketones (excluding diaryl/α,β-unsaturated/α-hetero) is 2. The lowest BCUT2D eigenvalue weighted by Gasteiger charge is -1.81. The van der Waals surface area contributed by atoms with Crippen LogP contribution in [0.5, 0.6) is 0 Å². The highest BCUT2D eigenvalue weighted by atomic mass is 16.1. The molecule has 6 radical (unpaired) electrons. The summed E-state index contributed by atoms with van der Waals surface area (Å²) in [6.07, 6.45) is 0.0833. The fourth-order valence-corrected chi connectivity index (χ4v) is 0.351. The van der Waals surface area contributed by atoms with E-state index in [1.54, 1.807) is 0 Å². The van der Waals surface area contributed by atoms with Crippen LogP contribution in [0.25, 0.3) is 0 Å². The van der Waals surface area contributed by atoms with Crippen LogP contribution in [0, 0.1) is 0 Å². The summed E-state index contributed by atoms with van der Waals surface area (Å²) >= 11 is 0. The Morgan fingerprint density at radius 2 is 1.22 bits per heavy atom. The van der Waals surface area contributed by atoms with Gasteiger partial charge in [0.2, 0.25) is 0 Å². The third kappa shape index (κ3) is 18.6. The summed E-state index contributed by atoms with van der Waals surface area (Å²) in [5, 5.41) is 0. The summed E-state index contributed by atoms with van der Waals surface area (Å²) in [5.41, 5.74) is 0. The predicted molar refractivity (Wildman–Crippen MR) is 37.5 cm³/mol. The van der Waals surface area contributed by atoms with Crippen LogP contribution in [0.3, 0.4) is 0 Å². The van der Waals surface area contributed by atoms with E-state index < -0.39 is 0 Å². The van der Waals surface area contributed by atoms with Crippen LogP contribution in [0.4, 0.5) is 0 Å². The van der Waals surface area contributed by atoms with Crippen molar-refractivity contribution in [2.75, 3.05) is 0 Å². The number of hydrogen-bond donors (Lipinski definition) is 0. The molecule has 2 nitrogen and oxygen atoms in total. The number of rotatable bonds is 2. The molecule has 0 aliphatic rings. The lowest BCUT2D eigenvalue weighted by molar-refractivity contribution is -0.124. The van der Waals surface area contributed by atoms with Gasteiger partial charge < -0.3 is 0 Å². The fourth-order valence-electron chi connectivity index (χ4n) is 0.351. The van der Waals surface area contributed by atoms with E-state index in [-0.39, 0.29) is 34.8 Å². The molecule has 0 aliphatic carbocycles. The van der Waals surface area contributed by atoms with E-state index >= 15 is 0 Å². The molecular formula is C5H8B2O2. The Labute approximate surface area is 59.2 Å². The molecule has 0 rings (SSSR count). The molecule has 0 amide bonds. The first-order valence-electron chi connectivity index (χ1n) is 2.12. The van der Waals surface area contributed by atoms with Gasteiger partial charge in [0.25, 0.3) is 0 Å².